The number of halogens is 1. The molecule has 1 aromatic rings. The number of anilines is 1. The zero-order chi connectivity index (χ0) is 14.5. The summed E-state index contributed by atoms with van der Waals surface area (Å²) in [5, 5.41) is 4.30. The Morgan fingerprint density at radius 3 is 3.15 bits per heavy atom. The van der Waals surface area contributed by atoms with Gasteiger partial charge in [-0.2, -0.15) is 5.10 Å². The minimum atomic E-state index is -0.308. The molecule has 7 nitrogen and oxygen atoms in total. The molecule has 2 rings (SSSR count). The normalized spacial score (nSPS) is 19.4. The Morgan fingerprint density at radius 1 is 1.65 bits per heavy atom. The van der Waals surface area contributed by atoms with Crippen molar-refractivity contribution in [2.75, 3.05) is 44.9 Å². The zero-order valence-electron chi connectivity index (χ0n) is 11.4. The molecule has 0 amide bonds. The first kappa shape index (κ1) is 15.2. The molecule has 0 saturated carbocycles. The zero-order valence-corrected chi connectivity index (χ0v) is 12.2. The maximum absolute atomic E-state index is 12.1. The van der Waals surface area contributed by atoms with Crippen molar-refractivity contribution in [2.45, 2.75) is 12.6 Å². The van der Waals surface area contributed by atoms with Crippen LogP contribution in [0.4, 0.5) is 5.69 Å². The predicted molar refractivity (Wildman–Crippen MR) is 76.4 cm³/mol. The summed E-state index contributed by atoms with van der Waals surface area (Å²) in [6, 6.07) is 0. The number of morpholine rings is 1. The van der Waals surface area contributed by atoms with E-state index in [2.05, 4.69) is 5.10 Å². The predicted octanol–water partition coefficient (Wildman–Crippen LogP) is -0.293. The Hall–Kier alpha value is -1.15. The van der Waals surface area contributed by atoms with E-state index in [9.17, 15) is 4.79 Å². The van der Waals surface area contributed by atoms with Gasteiger partial charge in [0.05, 0.1) is 37.7 Å². The highest BCUT2D eigenvalue weighted by Crippen LogP contribution is 2.22. The molecular formula is C12H19ClN4O3. The standard InChI is InChI=1S/C12H19ClN4O3/c1-19-4-3-17-12(18)11(13)10(7-15-17)16-2-5-20-9(6-14)8-16/h7,9H,2-6,8,14H2,1H3. The molecule has 1 atom stereocenters. The Morgan fingerprint density at radius 2 is 2.45 bits per heavy atom. The van der Waals surface area contributed by atoms with Gasteiger partial charge in [-0.1, -0.05) is 11.6 Å². The summed E-state index contributed by atoms with van der Waals surface area (Å²) >= 11 is 6.17. The Kier molecular flexibility index (Phi) is 5.36. The summed E-state index contributed by atoms with van der Waals surface area (Å²) in [5.41, 5.74) is 5.93. The van der Waals surface area contributed by atoms with Crippen molar-refractivity contribution in [1.29, 1.82) is 0 Å². The van der Waals surface area contributed by atoms with Gasteiger partial charge in [0.2, 0.25) is 0 Å². The number of nitrogens with zero attached hydrogens (tertiary/aromatic N) is 3. The van der Waals surface area contributed by atoms with Gasteiger partial charge in [0.1, 0.15) is 5.02 Å². The third-order valence-corrected chi connectivity index (χ3v) is 3.57. The summed E-state index contributed by atoms with van der Waals surface area (Å²) in [4.78, 5) is 14.1. The molecule has 8 heteroatoms. The van der Waals surface area contributed by atoms with Crippen molar-refractivity contribution in [3.05, 3.63) is 21.6 Å². The quantitative estimate of drug-likeness (QED) is 0.804. The number of aromatic nitrogens is 2. The van der Waals surface area contributed by atoms with E-state index in [1.165, 1.54) is 4.68 Å². The molecule has 1 saturated heterocycles. The number of ether oxygens (including phenoxy) is 2. The van der Waals surface area contributed by atoms with E-state index in [4.69, 9.17) is 26.8 Å². The highest BCUT2D eigenvalue weighted by atomic mass is 35.5. The van der Waals surface area contributed by atoms with E-state index in [1.807, 2.05) is 4.90 Å². The van der Waals surface area contributed by atoms with E-state index in [1.54, 1.807) is 13.3 Å². The van der Waals surface area contributed by atoms with Crippen molar-refractivity contribution in [1.82, 2.24) is 9.78 Å². The van der Waals surface area contributed by atoms with Crippen molar-refractivity contribution < 1.29 is 9.47 Å². The van der Waals surface area contributed by atoms with Crippen molar-refractivity contribution in [3.8, 4) is 0 Å². The molecule has 1 unspecified atom stereocenters. The van der Waals surface area contributed by atoms with E-state index < -0.39 is 0 Å². The van der Waals surface area contributed by atoms with E-state index >= 15 is 0 Å². The Labute approximate surface area is 122 Å². The van der Waals surface area contributed by atoms with Gasteiger partial charge in [-0.05, 0) is 0 Å². The van der Waals surface area contributed by atoms with Crippen LogP contribution in [0.15, 0.2) is 11.0 Å². The van der Waals surface area contributed by atoms with Crippen LogP contribution < -0.4 is 16.2 Å². The first-order chi connectivity index (χ1) is 9.67. The van der Waals surface area contributed by atoms with Gasteiger partial charge in [-0.3, -0.25) is 4.79 Å². The topological polar surface area (TPSA) is 82.6 Å². The maximum atomic E-state index is 12.1. The smallest absolute Gasteiger partial charge is 0.287 e. The van der Waals surface area contributed by atoms with Crippen LogP contribution in [-0.2, 0) is 16.0 Å². The van der Waals surface area contributed by atoms with Crippen molar-refractivity contribution in [2.24, 2.45) is 5.73 Å². The van der Waals surface area contributed by atoms with Crippen molar-refractivity contribution >= 4 is 17.3 Å². The fraction of sp³-hybridized carbons (Fsp3) is 0.667. The van der Waals surface area contributed by atoms with Gasteiger partial charge >= 0.3 is 0 Å². The number of hydrogen-bond donors (Lipinski definition) is 1. The highest BCUT2D eigenvalue weighted by molar-refractivity contribution is 6.33. The monoisotopic (exact) mass is 302 g/mol. The van der Waals surface area contributed by atoms with Crippen LogP contribution in [0.3, 0.4) is 0 Å². The average molecular weight is 303 g/mol. The second-order valence-electron chi connectivity index (χ2n) is 4.54. The first-order valence-corrected chi connectivity index (χ1v) is 6.86. The molecule has 0 aromatic carbocycles. The van der Waals surface area contributed by atoms with Crippen LogP contribution in [0.25, 0.3) is 0 Å². The summed E-state index contributed by atoms with van der Waals surface area (Å²) in [6.45, 7) is 3.06. The maximum Gasteiger partial charge on any atom is 0.287 e. The lowest BCUT2D eigenvalue weighted by Crippen LogP contribution is -2.46. The van der Waals surface area contributed by atoms with Gasteiger partial charge in [-0.25, -0.2) is 4.68 Å². The van der Waals surface area contributed by atoms with Crippen LogP contribution in [-0.4, -0.2) is 55.8 Å². The van der Waals surface area contributed by atoms with Gasteiger partial charge in [0.15, 0.2) is 0 Å². The molecule has 1 fully saturated rings. The fourth-order valence-electron chi connectivity index (χ4n) is 2.09. The van der Waals surface area contributed by atoms with Crippen LogP contribution in [0, 0.1) is 0 Å². The van der Waals surface area contributed by atoms with E-state index in [0.717, 1.165) is 0 Å². The molecule has 2 N–H and O–H groups in total. The summed E-state index contributed by atoms with van der Waals surface area (Å²) in [5.74, 6) is 0. The summed E-state index contributed by atoms with van der Waals surface area (Å²) in [6.07, 6.45) is 1.56. The average Bonchev–Trinajstić information content (AvgIpc) is 2.49. The minimum absolute atomic E-state index is 0.0456. The van der Waals surface area contributed by atoms with Gasteiger partial charge < -0.3 is 20.1 Å². The van der Waals surface area contributed by atoms with Gasteiger partial charge in [-0.15, -0.1) is 0 Å². The molecule has 1 aliphatic rings. The molecule has 0 radical (unpaired) electrons. The minimum Gasteiger partial charge on any atom is -0.383 e. The van der Waals surface area contributed by atoms with Gasteiger partial charge in [0, 0.05) is 26.7 Å². The van der Waals surface area contributed by atoms with Crippen LogP contribution in [0.2, 0.25) is 5.02 Å². The first-order valence-electron chi connectivity index (χ1n) is 6.48. The lowest BCUT2D eigenvalue weighted by molar-refractivity contribution is 0.0465. The lowest BCUT2D eigenvalue weighted by Gasteiger charge is -2.34. The van der Waals surface area contributed by atoms with Crippen LogP contribution >= 0.6 is 11.6 Å². The number of nitrogens with two attached hydrogens (primary N) is 1. The molecule has 20 heavy (non-hydrogen) atoms. The van der Waals surface area contributed by atoms with E-state index in [0.29, 0.717) is 45.1 Å². The number of methoxy groups -OCH3 is 1. The van der Waals surface area contributed by atoms with E-state index in [-0.39, 0.29) is 16.7 Å². The largest absolute Gasteiger partial charge is 0.383 e. The third kappa shape index (κ3) is 3.29. The molecule has 112 valence electrons. The van der Waals surface area contributed by atoms with Crippen LogP contribution in [0.1, 0.15) is 0 Å². The molecular weight excluding hydrogens is 284 g/mol. The number of hydrogen-bond acceptors (Lipinski definition) is 6. The summed E-state index contributed by atoms with van der Waals surface area (Å²) in [7, 11) is 1.57. The third-order valence-electron chi connectivity index (χ3n) is 3.22. The molecule has 2 heterocycles. The highest BCUT2D eigenvalue weighted by Gasteiger charge is 2.23. The fourth-order valence-corrected chi connectivity index (χ4v) is 2.36. The molecule has 0 bridgehead atoms. The second kappa shape index (κ2) is 7.03. The lowest BCUT2D eigenvalue weighted by atomic mass is 10.2. The van der Waals surface area contributed by atoms with Crippen LogP contribution in [0.5, 0.6) is 0 Å². The SMILES string of the molecule is COCCn1ncc(N2CCOC(CN)C2)c(Cl)c1=O. The Balaban J connectivity index is 2.20. The number of rotatable bonds is 5. The molecule has 1 aliphatic heterocycles. The summed E-state index contributed by atoms with van der Waals surface area (Å²) < 4.78 is 11.7. The second-order valence-corrected chi connectivity index (χ2v) is 4.92. The van der Waals surface area contributed by atoms with Crippen molar-refractivity contribution in [3.63, 3.8) is 0 Å². The molecule has 1 aromatic heterocycles. The molecule has 0 spiro atoms. The molecule has 0 aliphatic carbocycles. The van der Waals surface area contributed by atoms with Gasteiger partial charge in [0.25, 0.3) is 5.56 Å². The Bertz CT molecular complexity index is 508.